The summed E-state index contributed by atoms with van der Waals surface area (Å²) in [5, 5.41) is 11.0. The summed E-state index contributed by atoms with van der Waals surface area (Å²) in [6.45, 7) is 7.13. The van der Waals surface area contributed by atoms with Crippen LogP contribution in [0.3, 0.4) is 0 Å². The molecule has 112 valence electrons. The zero-order valence-electron chi connectivity index (χ0n) is 12.2. The molecule has 0 spiro atoms. The second-order valence-corrected chi connectivity index (χ2v) is 6.42. The number of carboxylic acid groups (broad SMARTS) is 1. The van der Waals surface area contributed by atoms with Gasteiger partial charge in [0, 0.05) is 45.8 Å². The fourth-order valence-electron chi connectivity index (χ4n) is 2.40. The summed E-state index contributed by atoms with van der Waals surface area (Å²) in [7, 11) is 4.19. The van der Waals surface area contributed by atoms with Crippen molar-refractivity contribution < 1.29 is 9.90 Å². The van der Waals surface area contributed by atoms with E-state index in [9.17, 15) is 4.79 Å². The van der Waals surface area contributed by atoms with Crippen molar-refractivity contribution in [2.24, 2.45) is 0 Å². The van der Waals surface area contributed by atoms with Gasteiger partial charge in [0.25, 0.3) is 0 Å². The maximum Gasteiger partial charge on any atom is 0.346 e. The Balaban J connectivity index is 1.79. The highest BCUT2D eigenvalue weighted by atomic mass is 32.1. The lowest BCUT2D eigenvalue weighted by atomic mass is 10.2. The van der Waals surface area contributed by atoms with E-state index in [1.54, 1.807) is 0 Å². The van der Waals surface area contributed by atoms with Crippen LogP contribution in [0.2, 0.25) is 0 Å². The average Bonchev–Trinajstić information content (AvgIpc) is 2.86. The molecule has 0 aromatic carbocycles. The van der Waals surface area contributed by atoms with Crippen LogP contribution in [-0.2, 0) is 6.54 Å². The summed E-state index contributed by atoms with van der Waals surface area (Å²) in [5.74, 6) is -0.806. The third-order valence-electron chi connectivity index (χ3n) is 3.66. The van der Waals surface area contributed by atoms with Gasteiger partial charge in [-0.1, -0.05) is 0 Å². The van der Waals surface area contributed by atoms with Gasteiger partial charge < -0.3 is 10.0 Å². The van der Waals surface area contributed by atoms with Crippen LogP contribution in [0.15, 0.2) is 11.4 Å². The minimum Gasteiger partial charge on any atom is -0.477 e. The molecule has 0 amide bonds. The molecule has 0 unspecified atom stereocenters. The van der Waals surface area contributed by atoms with E-state index in [0.29, 0.717) is 4.88 Å². The number of piperazine rings is 1. The van der Waals surface area contributed by atoms with Gasteiger partial charge in [0.15, 0.2) is 0 Å². The molecule has 1 aromatic rings. The Hall–Kier alpha value is -0.950. The number of hydrogen-bond donors (Lipinski definition) is 1. The number of thiophene rings is 1. The van der Waals surface area contributed by atoms with E-state index in [4.69, 9.17) is 5.11 Å². The Bertz CT molecular complexity index is 439. The first-order chi connectivity index (χ1) is 9.56. The normalized spacial score (nSPS) is 17.8. The Morgan fingerprint density at radius 3 is 2.55 bits per heavy atom. The van der Waals surface area contributed by atoms with Gasteiger partial charge in [-0.25, -0.2) is 4.79 Å². The van der Waals surface area contributed by atoms with Gasteiger partial charge >= 0.3 is 5.97 Å². The monoisotopic (exact) mass is 297 g/mol. The van der Waals surface area contributed by atoms with Gasteiger partial charge in [-0.3, -0.25) is 9.80 Å². The predicted octanol–water partition coefficient (Wildman–Crippen LogP) is 1.13. The van der Waals surface area contributed by atoms with E-state index in [0.717, 1.165) is 51.4 Å². The van der Waals surface area contributed by atoms with Gasteiger partial charge in [0.05, 0.1) is 0 Å². The molecule has 2 rings (SSSR count). The van der Waals surface area contributed by atoms with Crippen LogP contribution in [0.25, 0.3) is 0 Å². The summed E-state index contributed by atoms with van der Waals surface area (Å²) < 4.78 is 0. The molecule has 0 radical (unpaired) electrons. The van der Waals surface area contributed by atoms with Crippen molar-refractivity contribution in [2.75, 3.05) is 53.4 Å². The van der Waals surface area contributed by atoms with Crippen LogP contribution >= 0.6 is 11.3 Å². The van der Waals surface area contributed by atoms with Gasteiger partial charge in [0.2, 0.25) is 0 Å². The second kappa shape index (κ2) is 7.17. The molecule has 0 bridgehead atoms. The standard InChI is InChI=1S/C14H23N3O2S/c1-15(2)4-5-16-6-8-17(9-7-16)11-12-3-10-20-13(12)14(18)19/h3,10H,4-9,11H2,1-2H3,(H,18,19). The zero-order valence-corrected chi connectivity index (χ0v) is 13.0. The van der Waals surface area contributed by atoms with Gasteiger partial charge in [-0.15, -0.1) is 11.3 Å². The summed E-state index contributed by atoms with van der Waals surface area (Å²) in [6.07, 6.45) is 0. The molecule has 6 heteroatoms. The number of carboxylic acids is 1. The molecule has 1 aromatic heterocycles. The lowest BCUT2D eigenvalue weighted by molar-refractivity contribution is 0.0698. The van der Waals surface area contributed by atoms with Crippen LogP contribution in [0.1, 0.15) is 15.2 Å². The number of carbonyl (C=O) groups is 1. The average molecular weight is 297 g/mol. The molecular formula is C14H23N3O2S. The van der Waals surface area contributed by atoms with Crippen LogP contribution in [0.4, 0.5) is 0 Å². The van der Waals surface area contributed by atoms with Crippen molar-refractivity contribution >= 4 is 17.3 Å². The van der Waals surface area contributed by atoms with Crippen molar-refractivity contribution in [3.63, 3.8) is 0 Å². The van der Waals surface area contributed by atoms with Crippen molar-refractivity contribution in [1.29, 1.82) is 0 Å². The molecular weight excluding hydrogens is 274 g/mol. The Labute approximate surface area is 124 Å². The predicted molar refractivity (Wildman–Crippen MR) is 81.5 cm³/mol. The lowest BCUT2D eigenvalue weighted by Gasteiger charge is -2.35. The van der Waals surface area contributed by atoms with Gasteiger partial charge in [-0.05, 0) is 31.1 Å². The molecule has 2 heterocycles. The van der Waals surface area contributed by atoms with Crippen LogP contribution in [0.5, 0.6) is 0 Å². The van der Waals surface area contributed by atoms with Gasteiger partial charge in [0.1, 0.15) is 4.88 Å². The Morgan fingerprint density at radius 2 is 1.95 bits per heavy atom. The first kappa shape index (κ1) is 15.4. The van der Waals surface area contributed by atoms with E-state index in [1.807, 2.05) is 11.4 Å². The van der Waals surface area contributed by atoms with Crippen molar-refractivity contribution in [1.82, 2.24) is 14.7 Å². The number of hydrogen-bond acceptors (Lipinski definition) is 5. The van der Waals surface area contributed by atoms with E-state index in [2.05, 4.69) is 28.8 Å². The summed E-state index contributed by atoms with van der Waals surface area (Å²) in [4.78, 5) is 18.6. The maximum absolute atomic E-state index is 11.1. The fraction of sp³-hybridized carbons (Fsp3) is 0.643. The highest BCUT2D eigenvalue weighted by molar-refractivity contribution is 7.12. The molecule has 1 aliphatic heterocycles. The van der Waals surface area contributed by atoms with Gasteiger partial charge in [-0.2, -0.15) is 0 Å². The number of aromatic carboxylic acids is 1. The smallest absolute Gasteiger partial charge is 0.346 e. The number of rotatable bonds is 6. The third-order valence-corrected chi connectivity index (χ3v) is 4.61. The first-order valence-electron chi connectivity index (χ1n) is 6.95. The molecule has 1 fully saturated rings. The van der Waals surface area contributed by atoms with E-state index in [1.165, 1.54) is 11.3 Å². The molecule has 1 N–H and O–H groups in total. The molecule has 1 saturated heterocycles. The molecule has 5 nitrogen and oxygen atoms in total. The third kappa shape index (κ3) is 4.28. The molecule has 0 aliphatic carbocycles. The Kier molecular flexibility index (Phi) is 5.54. The van der Waals surface area contributed by atoms with Crippen molar-refractivity contribution in [3.05, 3.63) is 21.9 Å². The highest BCUT2D eigenvalue weighted by Crippen LogP contribution is 2.19. The highest BCUT2D eigenvalue weighted by Gasteiger charge is 2.19. The van der Waals surface area contributed by atoms with Crippen LogP contribution < -0.4 is 0 Å². The van der Waals surface area contributed by atoms with Crippen molar-refractivity contribution in [3.8, 4) is 0 Å². The van der Waals surface area contributed by atoms with E-state index < -0.39 is 5.97 Å². The summed E-state index contributed by atoms with van der Waals surface area (Å²) in [6, 6.07) is 1.94. The topological polar surface area (TPSA) is 47.0 Å². The Morgan fingerprint density at radius 1 is 1.30 bits per heavy atom. The SMILES string of the molecule is CN(C)CCN1CCN(Cc2ccsc2C(=O)O)CC1. The maximum atomic E-state index is 11.1. The minimum atomic E-state index is -0.806. The number of nitrogens with zero attached hydrogens (tertiary/aromatic N) is 3. The largest absolute Gasteiger partial charge is 0.477 e. The summed E-state index contributed by atoms with van der Waals surface area (Å²) >= 11 is 1.32. The van der Waals surface area contributed by atoms with Crippen LogP contribution in [0, 0.1) is 0 Å². The van der Waals surface area contributed by atoms with Crippen LogP contribution in [-0.4, -0.2) is 79.1 Å². The summed E-state index contributed by atoms with van der Waals surface area (Å²) in [5.41, 5.74) is 0.948. The number of likely N-dealkylation sites (N-methyl/N-ethyl adjacent to an activating group) is 1. The molecule has 20 heavy (non-hydrogen) atoms. The van der Waals surface area contributed by atoms with E-state index >= 15 is 0 Å². The quantitative estimate of drug-likeness (QED) is 0.853. The van der Waals surface area contributed by atoms with Crippen molar-refractivity contribution in [2.45, 2.75) is 6.54 Å². The lowest BCUT2D eigenvalue weighted by Crippen LogP contribution is -2.47. The minimum absolute atomic E-state index is 0.486. The fourth-order valence-corrected chi connectivity index (χ4v) is 3.15. The first-order valence-corrected chi connectivity index (χ1v) is 7.83. The second-order valence-electron chi connectivity index (χ2n) is 5.50. The van der Waals surface area contributed by atoms with E-state index in [-0.39, 0.29) is 0 Å². The molecule has 0 saturated carbocycles. The zero-order chi connectivity index (χ0) is 14.5. The molecule has 0 atom stereocenters. The molecule has 1 aliphatic rings.